The largest absolute Gasteiger partial charge is 0.334 e. The van der Waals surface area contributed by atoms with Crippen molar-refractivity contribution in [3.05, 3.63) is 34.1 Å². The second-order valence-electron chi connectivity index (χ2n) is 5.43. The number of nitrogens with zero attached hydrogens (tertiary/aromatic N) is 2. The first-order chi connectivity index (χ1) is 8.79. The van der Waals surface area contributed by atoms with Crippen LogP contribution in [-0.2, 0) is 0 Å². The molecular formula is C13H15Cl2N3O. The average Bonchev–Trinajstić information content (AvgIpc) is 2.79. The van der Waals surface area contributed by atoms with Gasteiger partial charge in [0.05, 0.1) is 16.1 Å². The molecule has 1 atom stereocenters. The highest BCUT2D eigenvalue weighted by Gasteiger charge is 2.27. The number of hydrogen-bond acceptors (Lipinski definition) is 4. The summed E-state index contributed by atoms with van der Waals surface area (Å²) >= 11 is 11.8. The first-order valence-electron chi connectivity index (χ1n) is 5.83. The van der Waals surface area contributed by atoms with Gasteiger partial charge in [0.25, 0.3) is 5.89 Å². The topological polar surface area (TPSA) is 64.9 Å². The molecule has 6 heteroatoms. The summed E-state index contributed by atoms with van der Waals surface area (Å²) in [6, 6.07) is 4.85. The summed E-state index contributed by atoms with van der Waals surface area (Å²) in [6.45, 7) is 6.06. The summed E-state index contributed by atoms with van der Waals surface area (Å²) in [7, 11) is 0. The molecule has 0 aliphatic carbocycles. The van der Waals surface area contributed by atoms with Gasteiger partial charge in [-0.15, -0.1) is 0 Å². The monoisotopic (exact) mass is 299 g/mol. The maximum Gasteiger partial charge on any atom is 0.258 e. The molecule has 0 radical (unpaired) electrons. The van der Waals surface area contributed by atoms with Crippen molar-refractivity contribution in [3.63, 3.8) is 0 Å². The van der Waals surface area contributed by atoms with Gasteiger partial charge in [-0.3, -0.25) is 0 Å². The van der Waals surface area contributed by atoms with Gasteiger partial charge in [-0.1, -0.05) is 49.1 Å². The van der Waals surface area contributed by atoms with Crippen LogP contribution in [0.1, 0.15) is 32.6 Å². The van der Waals surface area contributed by atoms with Crippen molar-refractivity contribution in [3.8, 4) is 11.5 Å². The van der Waals surface area contributed by atoms with E-state index in [0.717, 1.165) is 0 Å². The lowest BCUT2D eigenvalue weighted by Crippen LogP contribution is -2.27. The predicted molar refractivity (Wildman–Crippen MR) is 76.1 cm³/mol. The summed E-state index contributed by atoms with van der Waals surface area (Å²) in [4.78, 5) is 4.31. The Kier molecular flexibility index (Phi) is 3.85. The lowest BCUT2D eigenvalue weighted by atomic mass is 9.87. The minimum Gasteiger partial charge on any atom is -0.334 e. The average molecular weight is 300 g/mol. The Morgan fingerprint density at radius 3 is 2.47 bits per heavy atom. The molecule has 0 aliphatic rings. The van der Waals surface area contributed by atoms with Gasteiger partial charge in [0.15, 0.2) is 5.82 Å². The zero-order valence-electron chi connectivity index (χ0n) is 10.9. The Morgan fingerprint density at radius 2 is 1.89 bits per heavy atom. The smallest absolute Gasteiger partial charge is 0.258 e. The van der Waals surface area contributed by atoms with Crippen molar-refractivity contribution in [2.45, 2.75) is 26.8 Å². The third-order valence-corrected chi connectivity index (χ3v) is 3.56. The normalized spacial score (nSPS) is 13.6. The summed E-state index contributed by atoms with van der Waals surface area (Å²) in [5.41, 5.74) is 6.66. The quantitative estimate of drug-likeness (QED) is 0.907. The molecule has 0 spiro atoms. The summed E-state index contributed by atoms with van der Waals surface area (Å²) in [5.74, 6) is 0.863. The Balaban J connectivity index is 2.33. The predicted octanol–water partition coefficient (Wildman–Crippen LogP) is 4.09. The lowest BCUT2D eigenvalue weighted by Gasteiger charge is -2.23. The van der Waals surface area contributed by atoms with Gasteiger partial charge in [0, 0.05) is 5.56 Å². The first kappa shape index (κ1) is 14.3. The standard InChI is InChI=1S/C13H15Cl2N3O/c1-13(2,3)10(16)11-17-12(19-18-11)7-4-5-8(14)9(15)6-7/h4-6,10H,16H2,1-3H3. The zero-order valence-corrected chi connectivity index (χ0v) is 12.5. The van der Waals surface area contributed by atoms with Crippen LogP contribution in [0.25, 0.3) is 11.5 Å². The molecule has 1 aromatic carbocycles. The van der Waals surface area contributed by atoms with Crippen molar-refractivity contribution in [2.24, 2.45) is 11.1 Å². The van der Waals surface area contributed by atoms with Crippen LogP contribution in [-0.4, -0.2) is 10.1 Å². The fraction of sp³-hybridized carbons (Fsp3) is 0.385. The van der Waals surface area contributed by atoms with Gasteiger partial charge in [-0.2, -0.15) is 4.98 Å². The zero-order chi connectivity index (χ0) is 14.2. The van der Waals surface area contributed by atoms with E-state index < -0.39 is 0 Å². The summed E-state index contributed by atoms with van der Waals surface area (Å²) in [5, 5.41) is 4.85. The molecule has 1 aromatic heterocycles. The molecule has 4 nitrogen and oxygen atoms in total. The molecule has 0 saturated carbocycles. The fourth-order valence-corrected chi connectivity index (χ4v) is 1.79. The molecule has 2 N–H and O–H groups in total. The highest BCUT2D eigenvalue weighted by Crippen LogP contribution is 2.31. The number of benzene rings is 1. The van der Waals surface area contributed by atoms with Crippen LogP contribution in [0.4, 0.5) is 0 Å². The Labute approximate surface area is 121 Å². The molecule has 19 heavy (non-hydrogen) atoms. The second-order valence-corrected chi connectivity index (χ2v) is 6.24. The van der Waals surface area contributed by atoms with Crippen LogP contribution < -0.4 is 5.73 Å². The van der Waals surface area contributed by atoms with E-state index in [2.05, 4.69) is 10.1 Å². The van der Waals surface area contributed by atoms with Crippen molar-refractivity contribution in [2.75, 3.05) is 0 Å². The van der Waals surface area contributed by atoms with Gasteiger partial charge in [-0.25, -0.2) is 0 Å². The van der Waals surface area contributed by atoms with E-state index in [1.54, 1.807) is 18.2 Å². The van der Waals surface area contributed by atoms with Crippen LogP contribution in [0.3, 0.4) is 0 Å². The van der Waals surface area contributed by atoms with Crippen LogP contribution in [0, 0.1) is 5.41 Å². The first-order valence-corrected chi connectivity index (χ1v) is 6.59. The summed E-state index contributed by atoms with van der Waals surface area (Å²) < 4.78 is 5.22. The van der Waals surface area contributed by atoms with E-state index in [9.17, 15) is 0 Å². The number of halogens is 2. The third-order valence-electron chi connectivity index (χ3n) is 2.82. The molecule has 2 aromatic rings. The molecule has 0 bridgehead atoms. The van der Waals surface area contributed by atoms with E-state index in [1.165, 1.54) is 0 Å². The van der Waals surface area contributed by atoms with Crippen LogP contribution in [0.2, 0.25) is 10.0 Å². The van der Waals surface area contributed by atoms with Crippen molar-refractivity contribution < 1.29 is 4.52 Å². The molecule has 1 unspecified atom stereocenters. The number of rotatable bonds is 2. The van der Waals surface area contributed by atoms with Crippen molar-refractivity contribution in [1.29, 1.82) is 0 Å². The maximum atomic E-state index is 6.09. The fourth-order valence-electron chi connectivity index (χ4n) is 1.49. The number of hydrogen-bond donors (Lipinski definition) is 1. The van der Waals surface area contributed by atoms with E-state index in [1.807, 2.05) is 20.8 Å². The van der Waals surface area contributed by atoms with E-state index in [-0.39, 0.29) is 11.5 Å². The van der Waals surface area contributed by atoms with E-state index >= 15 is 0 Å². The number of nitrogens with two attached hydrogens (primary N) is 1. The van der Waals surface area contributed by atoms with E-state index in [4.69, 9.17) is 33.5 Å². The van der Waals surface area contributed by atoms with Gasteiger partial charge in [-0.05, 0) is 23.6 Å². The van der Waals surface area contributed by atoms with Crippen molar-refractivity contribution >= 4 is 23.2 Å². The molecule has 0 fully saturated rings. The van der Waals surface area contributed by atoms with E-state index in [0.29, 0.717) is 27.3 Å². The van der Waals surface area contributed by atoms with Gasteiger partial charge in [0.2, 0.25) is 0 Å². The SMILES string of the molecule is CC(C)(C)C(N)c1noc(-c2ccc(Cl)c(Cl)c2)n1. The minimum absolute atomic E-state index is 0.140. The highest BCUT2D eigenvalue weighted by molar-refractivity contribution is 6.42. The molecule has 0 saturated heterocycles. The van der Waals surface area contributed by atoms with Crippen LogP contribution in [0.5, 0.6) is 0 Å². The summed E-state index contributed by atoms with van der Waals surface area (Å²) in [6.07, 6.45) is 0. The second kappa shape index (κ2) is 5.12. The lowest BCUT2D eigenvalue weighted by molar-refractivity contribution is 0.303. The molecule has 1 heterocycles. The molecule has 0 aliphatic heterocycles. The highest BCUT2D eigenvalue weighted by atomic mass is 35.5. The molecular weight excluding hydrogens is 285 g/mol. The van der Waals surface area contributed by atoms with Crippen molar-refractivity contribution in [1.82, 2.24) is 10.1 Å². The van der Waals surface area contributed by atoms with Gasteiger partial charge < -0.3 is 10.3 Å². The molecule has 0 amide bonds. The third kappa shape index (κ3) is 3.08. The Morgan fingerprint density at radius 1 is 1.21 bits per heavy atom. The van der Waals surface area contributed by atoms with Crippen LogP contribution in [0.15, 0.2) is 22.7 Å². The van der Waals surface area contributed by atoms with Gasteiger partial charge in [0.1, 0.15) is 0 Å². The van der Waals surface area contributed by atoms with Crippen LogP contribution >= 0.6 is 23.2 Å². The Bertz CT molecular complexity index is 590. The maximum absolute atomic E-state index is 6.09. The number of aromatic nitrogens is 2. The minimum atomic E-state index is -0.298. The Hall–Kier alpha value is -1.10. The van der Waals surface area contributed by atoms with Gasteiger partial charge >= 0.3 is 0 Å². The molecule has 102 valence electrons. The molecule has 2 rings (SSSR count).